The molecule has 2 N–H and O–H groups in total. The summed E-state index contributed by atoms with van der Waals surface area (Å²) in [5.41, 5.74) is 11.3. The van der Waals surface area contributed by atoms with E-state index < -0.39 is 0 Å². The Hall–Kier alpha value is -3.54. The molecule has 6 nitrogen and oxygen atoms in total. The van der Waals surface area contributed by atoms with Crippen molar-refractivity contribution in [1.29, 1.82) is 0 Å². The topological polar surface area (TPSA) is 73.0 Å². The number of aliphatic imine (C=N–C) groups is 1. The first-order valence-electron chi connectivity index (χ1n) is 14.8. The quantitative estimate of drug-likeness (QED) is 0.126. The van der Waals surface area contributed by atoms with Gasteiger partial charge in [0.2, 0.25) is 0 Å². The normalized spacial score (nSPS) is 16.6. The van der Waals surface area contributed by atoms with Gasteiger partial charge in [-0.25, -0.2) is 9.98 Å². The van der Waals surface area contributed by atoms with E-state index in [1.54, 1.807) is 0 Å². The third-order valence-electron chi connectivity index (χ3n) is 6.93. The molecule has 1 unspecified atom stereocenters. The maximum absolute atomic E-state index is 6.55. The minimum atomic E-state index is 0.393. The number of nitrogens with two attached hydrogens (primary N) is 1. The van der Waals surface area contributed by atoms with Crippen molar-refractivity contribution < 1.29 is 9.47 Å². The molecule has 0 bridgehead atoms. The molecule has 2 aromatic rings. The lowest BCUT2D eigenvalue weighted by Crippen LogP contribution is -2.30. The Morgan fingerprint density at radius 2 is 1.95 bits per heavy atom. The van der Waals surface area contributed by atoms with Crippen LogP contribution in [0.2, 0.25) is 0 Å². The van der Waals surface area contributed by atoms with E-state index in [9.17, 15) is 0 Å². The highest BCUT2D eigenvalue weighted by Gasteiger charge is 2.24. The fraction of sp³-hybridized carbons (Fsp3) is 0.471. The maximum Gasteiger partial charge on any atom is 0.172 e. The van der Waals surface area contributed by atoms with E-state index in [0.717, 1.165) is 85.1 Å². The molecular weight excluding hydrogens is 496 g/mol. The van der Waals surface area contributed by atoms with Gasteiger partial charge in [0.15, 0.2) is 11.6 Å². The molecule has 0 aliphatic carbocycles. The molecule has 1 aliphatic heterocycles. The summed E-state index contributed by atoms with van der Waals surface area (Å²) in [6.07, 6.45) is 13.9. The largest absolute Gasteiger partial charge is 0.489 e. The van der Waals surface area contributed by atoms with Crippen molar-refractivity contribution in [2.24, 2.45) is 16.6 Å². The van der Waals surface area contributed by atoms with E-state index in [1.165, 1.54) is 5.57 Å². The molecule has 6 heteroatoms. The van der Waals surface area contributed by atoms with E-state index >= 15 is 0 Å². The van der Waals surface area contributed by atoms with Gasteiger partial charge in [0.25, 0.3) is 0 Å². The van der Waals surface area contributed by atoms with Gasteiger partial charge >= 0.3 is 0 Å². The Kier molecular flexibility index (Phi) is 11.9. The van der Waals surface area contributed by atoms with Crippen LogP contribution in [0.1, 0.15) is 83.5 Å². The second-order valence-electron chi connectivity index (χ2n) is 10.7. The lowest BCUT2D eigenvalue weighted by Gasteiger charge is -2.24. The summed E-state index contributed by atoms with van der Waals surface area (Å²) in [6, 6.07) is 7.93. The zero-order valence-corrected chi connectivity index (χ0v) is 25.6. The molecule has 1 aromatic heterocycles. The zero-order chi connectivity index (χ0) is 29.1. The third-order valence-corrected chi connectivity index (χ3v) is 6.93. The molecule has 2 heterocycles. The molecule has 40 heavy (non-hydrogen) atoms. The Morgan fingerprint density at radius 1 is 1.15 bits per heavy atom. The number of aryl methyl sites for hydroxylation is 2. The second-order valence-corrected chi connectivity index (χ2v) is 10.7. The minimum absolute atomic E-state index is 0.393. The number of hydrogen-bond donors (Lipinski definition) is 1. The van der Waals surface area contributed by atoms with Gasteiger partial charge in [-0.2, -0.15) is 0 Å². The summed E-state index contributed by atoms with van der Waals surface area (Å²) in [6.45, 7) is 17.4. The lowest BCUT2D eigenvalue weighted by atomic mass is 10.1. The van der Waals surface area contributed by atoms with Crippen molar-refractivity contribution >= 4 is 17.3 Å². The fourth-order valence-corrected chi connectivity index (χ4v) is 4.78. The highest BCUT2D eigenvalue weighted by molar-refractivity contribution is 5.99. The first-order chi connectivity index (χ1) is 19.3. The van der Waals surface area contributed by atoms with Crippen LogP contribution in [0.5, 0.6) is 11.5 Å². The highest BCUT2D eigenvalue weighted by Crippen LogP contribution is 2.33. The van der Waals surface area contributed by atoms with Crippen molar-refractivity contribution in [1.82, 2.24) is 4.98 Å². The molecular formula is C34H48N4O2. The Morgan fingerprint density at radius 3 is 2.62 bits per heavy atom. The summed E-state index contributed by atoms with van der Waals surface area (Å²) < 4.78 is 12.3. The number of amidine groups is 1. The Balaban J connectivity index is 1.83. The Labute approximate surface area is 241 Å². The molecule has 0 spiro atoms. The van der Waals surface area contributed by atoms with Crippen LogP contribution >= 0.6 is 0 Å². The minimum Gasteiger partial charge on any atom is -0.489 e. The van der Waals surface area contributed by atoms with Gasteiger partial charge in [0, 0.05) is 19.0 Å². The number of aromatic nitrogens is 1. The molecule has 0 saturated carbocycles. The van der Waals surface area contributed by atoms with Crippen LogP contribution in [-0.4, -0.2) is 30.5 Å². The van der Waals surface area contributed by atoms with Gasteiger partial charge < -0.3 is 20.1 Å². The van der Waals surface area contributed by atoms with Gasteiger partial charge in [-0.1, -0.05) is 58.3 Å². The average Bonchev–Trinajstić information content (AvgIpc) is 3.08. The molecule has 1 aliphatic rings. The predicted molar refractivity (Wildman–Crippen MR) is 169 cm³/mol. The molecule has 0 amide bonds. The van der Waals surface area contributed by atoms with E-state index in [0.29, 0.717) is 24.1 Å². The summed E-state index contributed by atoms with van der Waals surface area (Å²) in [5.74, 6) is 4.11. The number of pyridine rings is 1. The van der Waals surface area contributed by atoms with Crippen LogP contribution in [0.4, 0.5) is 11.5 Å². The van der Waals surface area contributed by atoms with Crippen LogP contribution in [0.3, 0.4) is 0 Å². The van der Waals surface area contributed by atoms with Gasteiger partial charge in [-0.05, 0) is 87.6 Å². The van der Waals surface area contributed by atoms with Crippen LogP contribution in [0.15, 0.2) is 64.9 Å². The van der Waals surface area contributed by atoms with Crippen molar-refractivity contribution in [3.8, 4) is 11.5 Å². The summed E-state index contributed by atoms with van der Waals surface area (Å²) >= 11 is 0. The smallest absolute Gasteiger partial charge is 0.172 e. The summed E-state index contributed by atoms with van der Waals surface area (Å²) in [4.78, 5) is 12.1. The van der Waals surface area contributed by atoms with Gasteiger partial charge in [0.05, 0.1) is 12.3 Å². The second kappa shape index (κ2) is 15.3. The first kappa shape index (κ1) is 31.0. The van der Waals surface area contributed by atoms with Crippen molar-refractivity contribution in [3.05, 3.63) is 76.7 Å². The van der Waals surface area contributed by atoms with Crippen LogP contribution in [-0.2, 0) is 0 Å². The van der Waals surface area contributed by atoms with Gasteiger partial charge in [-0.3, -0.25) is 0 Å². The molecule has 1 atom stereocenters. The number of allylic oxidation sites excluding steroid dienone is 5. The number of nitrogens with zero attached hydrogens (tertiary/aromatic N) is 3. The number of unbranched alkanes of at least 4 members (excludes halogenated alkanes) is 1. The molecule has 0 fully saturated rings. The molecule has 1 aromatic carbocycles. The molecule has 0 radical (unpaired) electrons. The first-order valence-corrected chi connectivity index (χ1v) is 14.8. The van der Waals surface area contributed by atoms with E-state index in [-0.39, 0.29) is 0 Å². The lowest BCUT2D eigenvalue weighted by molar-refractivity contribution is 0.273. The van der Waals surface area contributed by atoms with Crippen molar-refractivity contribution in [3.63, 3.8) is 0 Å². The summed E-state index contributed by atoms with van der Waals surface area (Å²) in [5, 5.41) is 0. The SMILES string of the molecule is C\C=C(/C=C\C(=C\CC)CCC)Oc1ccc(N=C(N)c2nc3c(cc2C)OCC(C)CN3CCCC)cc1C. The standard InChI is InChI=1S/C34H48N4O2/c1-8-12-19-38-22-24(5)23-39-31-21-26(7)32(37-34(31)38)33(35)36-28-16-18-30(25(6)20-28)40-29(11-4)17-15-27(13-9-2)14-10-3/h11,13,15-18,20-21,24H,8-10,12,14,19,22-23H2,1-7H3,(H2,35,36)/b17-15-,27-13+,29-11+. The van der Waals surface area contributed by atoms with Crippen molar-refractivity contribution in [2.45, 2.75) is 80.6 Å². The van der Waals surface area contributed by atoms with Crippen LogP contribution in [0.25, 0.3) is 0 Å². The van der Waals surface area contributed by atoms with E-state index in [2.05, 4.69) is 44.7 Å². The molecule has 216 valence electrons. The fourth-order valence-electron chi connectivity index (χ4n) is 4.78. The zero-order valence-electron chi connectivity index (χ0n) is 25.6. The Bertz CT molecular complexity index is 1260. The number of fused-ring (bicyclic) bond motifs is 1. The monoisotopic (exact) mass is 544 g/mol. The highest BCUT2D eigenvalue weighted by atomic mass is 16.5. The number of rotatable bonds is 12. The van der Waals surface area contributed by atoms with E-state index in [1.807, 2.05) is 57.2 Å². The molecule has 0 saturated heterocycles. The summed E-state index contributed by atoms with van der Waals surface area (Å²) in [7, 11) is 0. The number of benzene rings is 1. The van der Waals surface area contributed by atoms with Crippen LogP contribution in [0, 0.1) is 19.8 Å². The number of ether oxygens (including phenoxy) is 2. The molecule has 3 rings (SSSR count). The third kappa shape index (κ3) is 8.48. The maximum atomic E-state index is 6.55. The number of anilines is 1. The average molecular weight is 545 g/mol. The van der Waals surface area contributed by atoms with Gasteiger partial charge in [-0.15, -0.1) is 0 Å². The van der Waals surface area contributed by atoms with Crippen molar-refractivity contribution in [2.75, 3.05) is 24.6 Å². The van der Waals surface area contributed by atoms with Crippen LogP contribution < -0.4 is 20.1 Å². The van der Waals surface area contributed by atoms with Gasteiger partial charge in [0.1, 0.15) is 23.0 Å². The predicted octanol–water partition coefficient (Wildman–Crippen LogP) is 8.35. The van der Waals surface area contributed by atoms with E-state index in [4.69, 9.17) is 25.2 Å². The number of hydrogen-bond acceptors (Lipinski definition) is 5.